The number of aromatic nitrogens is 2. The van der Waals surface area contributed by atoms with Crippen molar-refractivity contribution in [3.8, 4) is 11.5 Å². The molecule has 1 amide bonds. The van der Waals surface area contributed by atoms with Crippen molar-refractivity contribution in [2.24, 2.45) is 0 Å². The van der Waals surface area contributed by atoms with Gasteiger partial charge in [0.15, 0.2) is 0 Å². The lowest BCUT2D eigenvalue weighted by atomic mass is 10.2. The first-order chi connectivity index (χ1) is 18.2. The Kier molecular flexibility index (Phi) is 8.48. The second-order valence-corrected chi connectivity index (χ2v) is 11.4. The number of hydrogen-bond donors (Lipinski definition) is 1. The molecular weight excluding hydrogens is 554 g/mol. The van der Waals surface area contributed by atoms with Gasteiger partial charge in [-0.2, -0.15) is 4.37 Å². The Labute approximate surface area is 230 Å². The molecule has 3 aromatic rings. The zero-order valence-corrected chi connectivity index (χ0v) is 23.5. The molecule has 4 rings (SSSR count). The third-order valence-electron chi connectivity index (χ3n) is 6.41. The van der Waals surface area contributed by atoms with Crippen LogP contribution in [-0.4, -0.2) is 73.8 Å². The number of rotatable bonds is 10. The lowest BCUT2D eigenvalue weighted by molar-refractivity contribution is 0.155. The maximum Gasteiger partial charge on any atom is 0.407 e. The van der Waals surface area contributed by atoms with E-state index in [-0.39, 0.29) is 27.6 Å². The number of ether oxygens (including phenoxy) is 2. The summed E-state index contributed by atoms with van der Waals surface area (Å²) in [5.41, 5.74) is 1.11. The lowest BCUT2D eigenvalue weighted by Crippen LogP contribution is -2.39. The van der Waals surface area contributed by atoms with Crippen LogP contribution in [0.1, 0.15) is 18.9 Å². The van der Waals surface area contributed by atoms with Crippen molar-refractivity contribution in [3.05, 3.63) is 53.3 Å². The molecule has 11 nitrogen and oxygen atoms in total. The maximum absolute atomic E-state index is 14.1. The van der Waals surface area contributed by atoms with E-state index >= 15 is 0 Å². The van der Waals surface area contributed by atoms with Gasteiger partial charge in [0.05, 0.1) is 31.5 Å². The van der Waals surface area contributed by atoms with E-state index in [4.69, 9.17) is 21.1 Å². The van der Waals surface area contributed by atoms with Gasteiger partial charge < -0.3 is 24.4 Å². The van der Waals surface area contributed by atoms with Crippen molar-refractivity contribution in [1.29, 1.82) is 0 Å². The first-order valence-corrected chi connectivity index (χ1v) is 14.3. The first kappa shape index (κ1) is 27.7. The van der Waals surface area contributed by atoms with E-state index in [1.807, 2.05) is 11.8 Å². The maximum atomic E-state index is 14.1. The number of likely N-dealkylation sites (N-methyl/N-ethyl adjacent to an activating group) is 1. The highest BCUT2D eigenvalue weighted by molar-refractivity contribution is 7.93. The topological polar surface area (TPSA) is 125 Å². The van der Waals surface area contributed by atoms with Crippen molar-refractivity contribution in [1.82, 2.24) is 14.3 Å². The molecule has 2 aromatic carbocycles. The largest absolute Gasteiger partial charge is 0.497 e. The highest BCUT2D eigenvalue weighted by Gasteiger charge is 2.34. The van der Waals surface area contributed by atoms with Crippen molar-refractivity contribution in [2.45, 2.75) is 30.8 Å². The molecule has 0 unspecified atom stereocenters. The molecule has 1 saturated heterocycles. The fraction of sp³-hybridized carbons (Fsp3) is 0.375. The Bertz CT molecular complexity index is 1390. The SMILES string of the molecule is CCN(c1cccc(S(=O)(=O)N(Cc2ccc(OC)cc2OC)c2ncns2)c1Cl)[C@H]1CCN(C(=O)O)C1. The normalized spacial score (nSPS) is 15.4. The van der Waals surface area contributed by atoms with Crippen LogP contribution in [0.5, 0.6) is 11.5 Å². The fourth-order valence-electron chi connectivity index (χ4n) is 4.50. The zero-order valence-electron chi connectivity index (χ0n) is 21.1. The smallest absolute Gasteiger partial charge is 0.407 e. The highest BCUT2D eigenvalue weighted by atomic mass is 35.5. The number of hydrogen-bond acceptors (Lipinski definition) is 9. The Morgan fingerprint density at radius 3 is 2.66 bits per heavy atom. The third-order valence-corrected chi connectivity index (χ3v) is 9.50. The molecule has 1 aliphatic heterocycles. The summed E-state index contributed by atoms with van der Waals surface area (Å²) in [5, 5.41) is 9.60. The van der Waals surface area contributed by atoms with Crippen LogP contribution in [0.25, 0.3) is 0 Å². The summed E-state index contributed by atoms with van der Waals surface area (Å²) < 4.78 is 44.1. The minimum atomic E-state index is -4.21. The van der Waals surface area contributed by atoms with E-state index < -0.39 is 16.1 Å². The standard InChI is InChI=1S/C24H28ClN5O6S2/c1-4-29(17-10-11-28(14-17)24(31)32)19-6-5-7-21(22(19)25)38(33,34)30(23-26-15-27-37-23)13-16-8-9-18(35-2)12-20(16)36-3/h5-9,12,15,17H,4,10-11,13-14H2,1-3H3,(H,31,32)/t17-/m0/s1. The molecule has 0 radical (unpaired) electrons. The van der Waals surface area contributed by atoms with Crippen LogP contribution in [0.4, 0.5) is 15.6 Å². The van der Waals surface area contributed by atoms with E-state index in [0.717, 1.165) is 15.8 Å². The molecule has 1 N–H and O–H groups in total. The van der Waals surface area contributed by atoms with Crippen molar-refractivity contribution in [2.75, 3.05) is 43.1 Å². The molecular formula is C24H28ClN5O6S2. The number of likely N-dealkylation sites (tertiary alicyclic amines) is 1. The molecule has 38 heavy (non-hydrogen) atoms. The van der Waals surface area contributed by atoms with Gasteiger partial charge in [-0.25, -0.2) is 22.5 Å². The molecule has 204 valence electrons. The number of anilines is 2. The van der Waals surface area contributed by atoms with E-state index in [2.05, 4.69) is 9.36 Å². The van der Waals surface area contributed by atoms with E-state index in [1.54, 1.807) is 30.3 Å². The molecule has 1 fully saturated rings. The van der Waals surface area contributed by atoms with Crippen molar-refractivity contribution < 1.29 is 27.8 Å². The van der Waals surface area contributed by atoms with Gasteiger partial charge >= 0.3 is 6.09 Å². The minimum Gasteiger partial charge on any atom is -0.497 e. The van der Waals surface area contributed by atoms with Crippen LogP contribution in [-0.2, 0) is 16.6 Å². The number of carbonyl (C=O) groups is 1. The Morgan fingerprint density at radius 1 is 1.26 bits per heavy atom. The first-order valence-electron chi connectivity index (χ1n) is 11.7. The van der Waals surface area contributed by atoms with Gasteiger partial charge in [-0.1, -0.05) is 17.7 Å². The number of amides is 1. The van der Waals surface area contributed by atoms with E-state index in [0.29, 0.717) is 48.8 Å². The molecule has 1 atom stereocenters. The summed E-state index contributed by atoms with van der Waals surface area (Å²) in [6, 6.07) is 9.82. The molecule has 1 aromatic heterocycles. The number of benzene rings is 2. The lowest BCUT2D eigenvalue weighted by Gasteiger charge is -2.31. The van der Waals surface area contributed by atoms with Crippen LogP contribution in [0, 0.1) is 0 Å². The van der Waals surface area contributed by atoms with Crippen molar-refractivity contribution in [3.63, 3.8) is 0 Å². The molecule has 2 heterocycles. The molecule has 0 bridgehead atoms. The Balaban J connectivity index is 1.73. The van der Waals surface area contributed by atoms with Crippen LogP contribution in [0.2, 0.25) is 5.02 Å². The number of halogens is 1. The van der Waals surface area contributed by atoms with Gasteiger partial charge in [0.1, 0.15) is 22.7 Å². The van der Waals surface area contributed by atoms with Gasteiger partial charge in [-0.15, -0.1) is 0 Å². The van der Waals surface area contributed by atoms with Crippen LogP contribution >= 0.6 is 23.1 Å². The van der Waals surface area contributed by atoms with Crippen LogP contribution in [0.15, 0.2) is 47.6 Å². The summed E-state index contributed by atoms with van der Waals surface area (Å²) in [7, 11) is -1.18. The zero-order chi connectivity index (χ0) is 27.4. The number of sulfonamides is 1. The van der Waals surface area contributed by atoms with Gasteiger partial charge in [0.25, 0.3) is 10.0 Å². The summed E-state index contributed by atoms with van der Waals surface area (Å²) in [6.07, 6.45) is 0.924. The quantitative estimate of drug-likeness (QED) is 0.375. The Hall–Kier alpha value is -3.29. The third kappa shape index (κ3) is 5.45. The summed E-state index contributed by atoms with van der Waals surface area (Å²) in [4.78, 5) is 18.8. The molecule has 1 aliphatic rings. The fourth-order valence-corrected chi connectivity index (χ4v) is 7.24. The van der Waals surface area contributed by atoms with E-state index in [1.165, 1.54) is 31.5 Å². The molecule has 0 aliphatic carbocycles. The Morgan fingerprint density at radius 2 is 2.05 bits per heavy atom. The van der Waals surface area contributed by atoms with Crippen LogP contribution in [0.3, 0.4) is 0 Å². The monoisotopic (exact) mass is 581 g/mol. The van der Waals surface area contributed by atoms with Gasteiger partial charge in [0.2, 0.25) is 5.13 Å². The number of carboxylic acid groups (broad SMARTS) is 1. The average Bonchev–Trinajstić information content (AvgIpc) is 3.61. The van der Waals surface area contributed by atoms with Crippen LogP contribution < -0.4 is 18.7 Å². The summed E-state index contributed by atoms with van der Waals surface area (Å²) in [6.45, 7) is 3.07. The summed E-state index contributed by atoms with van der Waals surface area (Å²) >= 11 is 7.74. The van der Waals surface area contributed by atoms with E-state index in [9.17, 15) is 18.3 Å². The van der Waals surface area contributed by atoms with Crippen molar-refractivity contribution >= 4 is 50.1 Å². The van der Waals surface area contributed by atoms with Gasteiger partial charge in [0, 0.05) is 48.8 Å². The molecule has 14 heteroatoms. The minimum absolute atomic E-state index is 0.0549. The second kappa shape index (κ2) is 11.6. The predicted octanol–water partition coefficient (Wildman–Crippen LogP) is 4.18. The van der Waals surface area contributed by atoms with Gasteiger partial charge in [-0.3, -0.25) is 0 Å². The molecule has 0 saturated carbocycles. The number of nitrogens with zero attached hydrogens (tertiary/aromatic N) is 5. The van der Waals surface area contributed by atoms with Gasteiger partial charge in [-0.05, 0) is 37.6 Å². The number of methoxy groups -OCH3 is 2. The predicted molar refractivity (Wildman–Crippen MR) is 145 cm³/mol. The summed E-state index contributed by atoms with van der Waals surface area (Å²) in [5.74, 6) is 1.02. The average molecular weight is 582 g/mol. The molecule has 0 spiro atoms. The highest BCUT2D eigenvalue weighted by Crippen LogP contribution is 2.38. The second-order valence-electron chi connectivity index (χ2n) is 8.46.